The van der Waals surface area contributed by atoms with Crippen molar-refractivity contribution in [3.05, 3.63) is 53.3 Å². The molecule has 0 radical (unpaired) electrons. The van der Waals surface area contributed by atoms with Crippen LogP contribution in [0.5, 0.6) is 5.75 Å². The molecule has 2 fully saturated rings. The highest BCUT2D eigenvalue weighted by Crippen LogP contribution is 2.49. The average molecular weight is 481 g/mol. The van der Waals surface area contributed by atoms with E-state index in [0.717, 1.165) is 43.2 Å². The molecule has 2 aliphatic carbocycles. The van der Waals surface area contributed by atoms with Crippen LogP contribution in [0.3, 0.4) is 0 Å². The fraction of sp³-hybridized carbons (Fsp3) is 0.571. The van der Waals surface area contributed by atoms with Gasteiger partial charge in [0.2, 0.25) is 0 Å². The van der Waals surface area contributed by atoms with Gasteiger partial charge in [0.25, 0.3) is 0 Å². The van der Waals surface area contributed by atoms with Crippen molar-refractivity contribution in [2.24, 2.45) is 17.8 Å². The normalized spacial score (nSPS) is 24.8. The van der Waals surface area contributed by atoms with Crippen molar-refractivity contribution in [1.82, 2.24) is 0 Å². The Morgan fingerprint density at radius 3 is 2.24 bits per heavy atom. The molecule has 0 bridgehead atoms. The van der Waals surface area contributed by atoms with Gasteiger partial charge in [-0.3, -0.25) is 0 Å². The molecule has 0 heterocycles. The van der Waals surface area contributed by atoms with E-state index in [9.17, 15) is 13.2 Å². The van der Waals surface area contributed by atoms with E-state index in [1.807, 2.05) is 0 Å². The fourth-order valence-electron chi connectivity index (χ4n) is 6.19. The molecule has 2 aromatic carbocycles. The van der Waals surface area contributed by atoms with Crippen LogP contribution in [-0.2, 0) is 0 Å². The van der Waals surface area contributed by atoms with Crippen LogP contribution in [-0.4, -0.2) is 6.61 Å². The molecule has 0 spiro atoms. The SMILES string of the molecule is CCCCCC1CCC2CC(c3cc(F)c(-c4ccc(OC(F)F)c(F)c4)c(F)c3)CCC2C1. The maximum Gasteiger partial charge on any atom is 0.387 e. The molecule has 4 rings (SSSR count). The Labute approximate surface area is 198 Å². The van der Waals surface area contributed by atoms with E-state index in [0.29, 0.717) is 11.5 Å². The first-order chi connectivity index (χ1) is 16.4. The molecule has 0 N–H and O–H groups in total. The van der Waals surface area contributed by atoms with Crippen LogP contribution in [0.25, 0.3) is 11.1 Å². The van der Waals surface area contributed by atoms with Gasteiger partial charge in [0.05, 0.1) is 5.56 Å². The van der Waals surface area contributed by atoms with Gasteiger partial charge in [-0.15, -0.1) is 0 Å². The third kappa shape index (κ3) is 5.75. The van der Waals surface area contributed by atoms with Crippen LogP contribution >= 0.6 is 0 Å². The highest BCUT2D eigenvalue weighted by Gasteiger charge is 2.36. The molecule has 0 saturated heterocycles. The molecule has 34 heavy (non-hydrogen) atoms. The summed E-state index contributed by atoms with van der Waals surface area (Å²) >= 11 is 0. The summed E-state index contributed by atoms with van der Waals surface area (Å²) in [7, 11) is 0. The number of alkyl halides is 2. The molecule has 4 unspecified atom stereocenters. The Kier molecular flexibility index (Phi) is 8.15. The first-order valence-electron chi connectivity index (χ1n) is 12.6. The Morgan fingerprint density at radius 2 is 1.56 bits per heavy atom. The third-order valence-electron chi connectivity index (χ3n) is 7.91. The Bertz CT molecular complexity index is 952. The smallest absolute Gasteiger partial charge is 0.387 e. The second-order valence-corrected chi connectivity index (χ2v) is 10.1. The van der Waals surface area contributed by atoms with Gasteiger partial charge in [0.1, 0.15) is 11.6 Å². The second kappa shape index (κ2) is 11.1. The number of hydrogen-bond acceptors (Lipinski definition) is 1. The first-order valence-corrected chi connectivity index (χ1v) is 12.6. The van der Waals surface area contributed by atoms with Crippen molar-refractivity contribution in [3.63, 3.8) is 0 Å². The number of ether oxygens (including phenoxy) is 1. The van der Waals surface area contributed by atoms with Gasteiger partial charge < -0.3 is 4.74 Å². The van der Waals surface area contributed by atoms with Crippen LogP contribution < -0.4 is 4.74 Å². The average Bonchev–Trinajstić information content (AvgIpc) is 2.80. The van der Waals surface area contributed by atoms with E-state index in [4.69, 9.17) is 0 Å². The monoisotopic (exact) mass is 480 g/mol. The molecule has 4 atom stereocenters. The van der Waals surface area contributed by atoms with Crippen LogP contribution in [0.15, 0.2) is 30.3 Å². The maximum atomic E-state index is 15.0. The van der Waals surface area contributed by atoms with Crippen LogP contribution in [0.2, 0.25) is 0 Å². The molecule has 6 heteroatoms. The van der Waals surface area contributed by atoms with Crippen LogP contribution in [0, 0.1) is 35.2 Å². The number of hydrogen-bond donors (Lipinski definition) is 0. The topological polar surface area (TPSA) is 9.23 Å². The summed E-state index contributed by atoms with van der Waals surface area (Å²) in [4.78, 5) is 0. The number of rotatable bonds is 8. The number of fused-ring (bicyclic) bond motifs is 1. The summed E-state index contributed by atoms with van der Waals surface area (Å²) in [6.07, 6.45) is 11.9. The summed E-state index contributed by atoms with van der Waals surface area (Å²) in [5, 5.41) is 0. The van der Waals surface area contributed by atoms with Gasteiger partial charge >= 0.3 is 6.61 Å². The quantitative estimate of drug-likeness (QED) is 0.270. The zero-order chi connectivity index (χ0) is 24.2. The Hall–Kier alpha value is -2.11. The zero-order valence-electron chi connectivity index (χ0n) is 19.6. The standard InChI is InChI=1S/C28H33F5O/c1-2-3-4-5-17-6-7-19-13-20(9-8-18(19)12-17)22-15-24(30)27(25(31)16-22)21-10-11-26(23(29)14-21)34-28(32)33/h10-11,14-20,28H,2-9,12-13H2,1H3. The summed E-state index contributed by atoms with van der Waals surface area (Å²) in [5.41, 5.74) is 0.249. The molecular weight excluding hydrogens is 447 g/mol. The molecule has 0 aliphatic heterocycles. The van der Waals surface area contributed by atoms with Gasteiger partial charge in [-0.2, -0.15) is 8.78 Å². The zero-order valence-corrected chi connectivity index (χ0v) is 19.6. The van der Waals surface area contributed by atoms with Crippen molar-refractivity contribution >= 4 is 0 Å². The van der Waals surface area contributed by atoms with Gasteiger partial charge in [-0.25, -0.2) is 13.2 Å². The molecule has 0 amide bonds. The third-order valence-corrected chi connectivity index (χ3v) is 7.91. The summed E-state index contributed by atoms with van der Waals surface area (Å²) < 4.78 is 72.9. The minimum Gasteiger partial charge on any atom is -0.432 e. The highest BCUT2D eigenvalue weighted by molar-refractivity contribution is 5.66. The van der Waals surface area contributed by atoms with Gasteiger partial charge in [-0.05, 0) is 91.2 Å². The Balaban J connectivity index is 1.44. The van der Waals surface area contributed by atoms with Gasteiger partial charge in [0, 0.05) is 0 Å². The fourth-order valence-corrected chi connectivity index (χ4v) is 6.19. The van der Waals surface area contributed by atoms with Crippen molar-refractivity contribution < 1.29 is 26.7 Å². The lowest BCUT2D eigenvalue weighted by Crippen LogP contribution is -2.30. The van der Waals surface area contributed by atoms with E-state index in [1.165, 1.54) is 63.1 Å². The summed E-state index contributed by atoms with van der Waals surface area (Å²) in [5.74, 6) is -0.994. The van der Waals surface area contributed by atoms with Gasteiger partial charge in [0.15, 0.2) is 11.6 Å². The maximum absolute atomic E-state index is 15.0. The molecule has 0 aromatic heterocycles. The predicted octanol–water partition coefficient (Wildman–Crippen LogP) is 9.25. The summed E-state index contributed by atoms with van der Waals surface area (Å²) in [6.45, 7) is -0.949. The lowest BCUT2D eigenvalue weighted by atomic mass is 9.63. The molecule has 186 valence electrons. The molecular formula is C28H33F5O. The van der Waals surface area contributed by atoms with E-state index in [1.54, 1.807) is 0 Å². The van der Waals surface area contributed by atoms with Crippen molar-refractivity contribution in [3.8, 4) is 16.9 Å². The van der Waals surface area contributed by atoms with Crippen LogP contribution in [0.1, 0.15) is 82.6 Å². The number of unbranched alkanes of at least 4 members (excludes halogenated alkanes) is 2. The van der Waals surface area contributed by atoms with Crippen molar-refractivity contribution in [2.75, 3.05) is 0 Å². The number of halogens is 5. The molecule has 2 aromatic rings. The largest absolute Gasteiger partial charge is 0.432 e. The summed E-state index contributed by atoms with van der Waals surface area (Å²) in [6, 6.07) is 5.70. The lowest BCUT2D eigenvalue weighted by molar-refractivity contribution is -0.0521. The molecule has 2 aliphatic rings. The van der Waals surface area contributed by atoms with E-state index >= 15 is 8.78 Å². The van der Waals surface area contributed by atoms with Crippen LogP contribution in [0.4, 0.5) is 22.0 Å². The molecule has 1 nitrogen and oxygen atoms in total. The Morgan fingerprint density at radius 1 is 0.853 bits per heavy atom. The first kappa shape index (κ1) is 25.0. The van der Waals surface area contributed by atoms with E-state index in [2.05, 4.69) is 11.7 Å². The molecule has 2 saturated carbocycles. The van der Waals surface area contributed by atoms with Crippen molar-refractivity contribution in [2.45, 2.75) is 83.7 Å². The van der Waals surface area contributed by atoms with Gasteiger partial charge in [-0.1, -0.05) is 45.1 Å². The van der Waals surface area contributed by atoms with E-state index in [-0.39, 0.29) is 17.0 Å². The minimum absolute atomic E-state index is 0.0502. The lowest BCUT2D eigenvalue weighted by Gasteiger charge is -2.42. The number of benzene rings is 2. The van der Waals surface area contributed by atoms with E-state index < -0.39 is 29.8 Å². The van der Waals surface area contributed by atoms with Crippen molar-refractivity contribution in [1.29, 1.82) is 0 Å². The second-order valence-electron chi connectivity index (χ2n) is 10.1. The minimum atomic E-state index is -3.18. The highest BCUT2D eigenvalue weighted by atomic mass is 19.3. The predicted molar refractivity (Wildman–Crippen MR) is 123 cm³/mol.